The lowest BCUT2D eigenvalue weighted by atomic mass is 10.1. The van der Waals surface area contributed by atoms with Crippen molar-refractivity contribution in [2.75, 3.05) is 18.9 Å². The minimum absolute atomic E-state index is 0.0787. The fourth-order valence-corrected chi connectivity index (χ4v) is 2.43. The van der Waals surface area contributed by atoms with Crippen LogP contribution in [0.15, 0.2) is 29.2 Å². The van der Waals surface area contributed by atoms with Gasteiger partial charge in [0.1, 0.15) is 5.82 Å². The van der Waals surface area contributed by atoms with Crippen LogP contribution in [0.25, 0.3) is 0 Å². The molecule has 0 radical (unpaired) electrons. The molecule has 0 amide bonds. The first kappa shape index (κ1) is 14.5. The fourth-order valence-electron chi connectivity index (χ4n) is 1.38. The molecule has 0 spiro atoms. The molecule has 1 aromatic carbocycles. The van der Waals surface area contributed by atoms with Crippen molar-refractivity contribution in [1.29, 1.82) is 0 Å². The Morgan fingerprint density at radius 1 is 1.47 bits per heavy atom. The summed E-state index contributed by atoms with van der Waals surface area (Å²) in [6, 6.07) is 6.53. The molecule has 0 fully saturated rings. The van der Waals surface area contributed by atoms with Crippen LogP contribution >= 0.6 is 11.8 Å². The highest BCUT2D eigenvalue weighted by Gasteiger charge is 2.22. The molecular formula is C13H20FNOS. The summed E-state index contributed by atoms with van der Waals surface area (Å²) in [6.07, 6.45) is 1.03. The van der Waals surface area contributed by atoms with Crippen LogP contribution in [-0.4, -0.2) is 29.5 Å². The van der Waals surface area contributed by atoms with Crippen molar-refractivity contribution in [3.63, 3.8) is 0 Å². The molecule has 2 N–H and O–H groups in total. The van der Waals surface area contributed by atoms with Crippen molar-refractivity contribution in [2.24, 2.45) is 0 Å². The zero-order valence-corrected chi connectivity index (χ0v) is 11.2. The second kappa shape index (κ2) is 6.99. The molecule has 0 saturated carbocycles. The summed E-state index contributed by atoms with van der Waals surface area (Å²) in [4.78, 5) is 0.892. The Kier molecular flexibility index (Phi) is 5.95. The first-order chi connectivity index (χ1) is 8.09. The maximum atomic E-state index is 13.0. The molecule has 0 aliphatic carbocycles. The lowest BCUT2D eigenvalue weighted by Gasteiger charge is -2.28. The van der Waals surface area contributed by atoms with Gasteiger partial charge in [-0.15, -0.1) is 11.8 Å². The van der Waals surface area contributed by atoms with Gasteiger partial charge < -0.3 is 10.4 Å². The van der Waals surface area contributed by atoms with Gasteiger partial charge >= 0.3 is 0 Å². The van der Waals surface area contributed by atoms with Crippen molar-refractivity contribution in [1.82, 2.24) is 5.32 Å². The van der Waals surface area contributed by atoms with Gasteiger partial charge in [0.2, 0.25) is 0 Å². The van der Waals surface area contributed by atoms with E-state index in [-0.39, 0.29) is 18.0 Å². The summed E-state index contributed by atoms with van der Waals surface area (Å²) in [5.74, 6) is 0.495. The van der Waals surface area contributed by atoms with E-state index in [0.29, 0.717) is 5.75 Å². The summed E-state index contributed by atoms with van der Waals surface area (Å²) >= 11 is 1.55. The molecule has 1 rings (SSSR count). The standard InChI is InChI=1S/C13H20FNOS/c1-3-7-15-13(2,9-16)10-17-12-6-4-5-11(14)8-12/h4-6,8,15-16H,3,7,9-10H2,1-2H3. The van der Waals surface area contributed by atoms with Crippen LogP contribution < -0.4 is 5.32 Å². The second-order valence-electron chi connectivity index (χ2n) is 4.39. The van der Waals surface area contributed by atoms with Gasteiger partial charge in [0.05, 0.1) is 6.61 Å². The monoisotopic (exact) mass is 257 g/mol. The molecule has 0 aliphatic rings. The van der Waals surface area contributed by atoms with Crippen LogP contribution in [0.4, 0.5) is 4.39 Å². The average Bonchev–Trinajstić information content (AvgIpc) is 2.34. The highest BCUT2D eigenvalue weighted by Crippen LogP contribution is 2.23. The van der Waals surface area contributed by atoms with Crippen LogP contribution in [-0.2, 0) is 0 Å². The molecule has 2 nitrogen and oxygen atoms in total. The van der Waals surface area contributed by atoms with Gasteiger partial charge in [0.25, 0.3) is 0 Å². The fraction of sp³-hybridized carbons (Fsp3) is 0.538. The summed E-state index contributed by atoms with van der Waals surface area (Å²) in [7, 11) is 0. The normalized spacial score (nSPS) is 14.6. The SMILES string of the molecule is CCCNC(C)(CO)CSc1cccc(F)c1. The molecule has 1 atom stereocenters. The third-order valence-corrected chi connectivity index (χ3v) is 3.87. The molecule has 0 aromatic heterocycles. The number of aliphatic hydroxyl groups excluding tert-OH is 1. The van der Waals surface area contributed by atoms with Gasteiger partial charge in [-0.3, -0.25) is 0 Å². The third-order valence-electron chi connectivity index (χ3n) is 2.50. The molecular weight excluding hydrogens is 237 g/mol. The minimum atomic E-state index is -0.313. The van der Waals surface area contributed by atoms with E-state index in [1.807, 2.05) is 13.0 Å². The molecule has 17 heavy (non-hydrogen) atoms. The average molecular weight is 257 g/mol. The van der Waals surface area contributed by atoms with Gasteiger partial charge in [0, 0.05) is 16.2 Å². The number of nitrogens with one attached hydrogen (secondary N) is 1. The Bertz CT molecular complexity index is 348. The summed E-state index contributed by atoms with van der Waals surface area (Å²) in [6.45, 7) is 5.02. The highest BCUT2D eigenvalue weighted by molar-refractivity contribution is 7.99. The van der Waals surface area contributed by atoms with E-state index in [9.17, 15) is 9.50 Å². The number of hydrogen-bond acceptors (Lipinski definition) is 3. The van der Waals surface area contributed by atoms with Gasteiger partial charge in [-0.1, -0.05) is 13.0 Å². The number of rotatable bonds is 7. The van der Waals surface area contributed by atoms with Crippen molar-refractivity contribution in [3.8, 4) is 0 Å². The summed E-state index contributed by atoms with van der Waals surface area (Å²) < 4.78 is 13.0. The molecule has 96 valence electrons. The van der Waals surface area contributed by atoms with Gasteiger partial charge in [-0.25, -0.2) is 4.39 Å². The van der Waals surface area contributed by atoms with E-state index in [1.165, 1.54) is 12.1 Å². The number of aliphatic hydroxyl groups is 1. The molecule has 4 heteroatoms. The Balaban J connectivity index is 2.52. The van der Waals surface area contributed by atoms with Gasteiger partial charge in [-0.2, -0.15) is 0 Å². The van der Waals surface area contributed by atoms with Gasteiger partial charge in [-0.05, 0) is 38.1 Å². The van der Waals surface area contributed by atoms with E-state index in [1.54, 1.807) is 17.8 Å². The predicted molar refractivity (Wildman–Crippen MR) is 70.9 cm³/mol. The van der Waals surface area contributed by atoms with E-state index < -0.39 is 0 Å². The van der Waals surface area contributed by atoms with Crippen LogP contribution in [0.1, 0.15) is 20.3 Å². The quantitative estimate of drug-likeness (QED) is 0.737. The Hall–Kier alpha value is -0.580. The second-order valence-corrected chi connectivity index (χ2v) is 5.44. The predicted octanol–water partition coefficient (Wildman–Crippen LogP) is 2.67. The summed E-state index contributed by atoms with van der Waals surface area (Å²) in [5.41, 5.74) is -0.313. The Morgan fingerprint density at radius 3 is 2.82 bits per heavy atom. The number of hydrogen-bond donors (Lipinski definition) is 2. The molecule has 0 bridgehead atoms. The Morgan fingerprint density at radius 2 is 2.24 bits per heavy atom. The zero-order chi connectivity index (χ0) is 12.7. The molecule has 1 aromatic rings. The molecule has 1 unspecified atom stereocenters. The van der Waals surface area contributed by atoms with Crippen LogP contribution in [0.2, 0.25) is 0 Å². The number of benzene rings is 1. The van der Waals surface area contributed by atoms with Crippen LogP contribution in [0.5, 0.6) is 0 Å². The topological polar surface area (TPSA) is 32.3 Å². The third kappa shape index (κ3) is 5.06. The van der Waals surface area contributed by atoms with Crippen molar-refractivity contribution < 1.29 is 9.50 Å². The summed E-state index contributed by atoms with van der Waals surface area (Å²) in [5, 5.41) is 12.7. The first-order valence-electron chi connectivity index (χ1n) is 5.84. The van der Waals surface area contributed by atoms with E-state index in [0.717, 1.165) is 17.9 Å². The maximum Gasteiger partial charge on any atom is 0.124 e. The van der Waals surface area contributed by atoms with Crippen LogP contribution in [0, 0.1) is 5.82 Å². The van der Waals surface area contributed by atoms with Crippen LogP contribution in [0.3, 0.4) is 0 Å². The molecule has 0 aliphatic heterocycles. The van der Waals surface area contributed by atoms with Crippen molar-refractivity contribution in [3.05, 3.63) is 30.1 Å². The van der Waals surface area contributed by atoms with Crippen molar-refractivity contribution >= 4 is 11.8 Å². The lowest BCUT2D eigenvalue weighted by molar-refractivity contribution is 0.192. The van der Waals surface area contributed by atoms with E-state index >= 15 is 0 Å². The zero-order valence-electron chi connectivity index (χ0n) is 10.4. The molecule has 0 saturated heterocycles. The number of halogens is 1. The molecule has 0 heterocycles. The highest BCUT2D eigenvalue weighted by atomic mass is 32.2. The number of thioether (sulfide) groups is 1. The maximum absolute atomic E-state index is 13.0. The largest absolute Gasteiger partial charge is 0.394 e. The van der Waals surface area contributed by atoms with Crippen molar-refractivity contribution in [2.45, 2.75) is 30.7 Å². The minimum Gasteiger partial charge on any atom is -0.394 e. The van der Waals surface area contributed by atoms with E-state index in [2.05, 4.69) is 12.2 Å². The van der Waals surface area contributed by atoms with Gasteiger partial charge in [0.15, 0.2) is 0 Å². The van der Waals surface area contributed by atoms with E-state index in [4.69, 9.17) is 0 Å². The first-order valence-corrected chi connectivity index (χ1v) is 6.82. The Labute approximate surface area is 107 Å². The lowest BCUT2D eigenvalue weighted by Crippen LogP contribution is -2.48. The smallest absolute Gasteiger partial charge is 0.124 e.